The number of benzene rings is 1. The Morgan fingerprint density at radius 1 is 1.08 bits per heavy atom. The molecule has 0 spiro atoms. The molecule has 2 aliphatic heterocycles. The molecule has 0 radical (unpaired) electrons. The van der Waals surface area contributed by atoms with Gasteiger partial charge < -0.3 is 10.6 Å². The topological polar surface area (TPSA) is 45.4 Å². The second-order valence-electron chi connectivity index (χ2n) is 7.27. The smallest absolute Gasteiger partial charge is 0.180 e. The second kappa shape index (κ2) is 8.23. The van der Waals surface area contributed by atoms with E-state index >= 15 is 0 Å². The van der Waals surface area contributed by atoms with Crippen molar-refractivity contribution in [2.24, 2.45) is 0 Å². The number of rotatable bonds is 4. The average molecular weight is 369 g/mol. The molecule has 0 saturated carbocycles. The first-order valence-electron chi connectivity index (χ1n) is 9.76. The van der Waals surface area contributed by atoms with Crippen molar-refractivity contribution in [3.05, 3.63) is 46.5 Å². The Balaban J connectivity index is 1.33. The van der Waals surface area contributed by atoms with Crippen molar-refractivity contribution >= 4 is 28.2 Å². The van der Waals surface area contributed by atoms with E-state index in [-0.39, 0.29) is 0 Å². The number of fused-ring (bicyclic) bond motifs is 1. The van der Waals surface area contributed by atoms with E-state index in [9.17, 15) is 0 Å². The van der Waals surface area contributed by atoms with Crippen LogP contribution in [0.3, 0.4) is 0 Å². The average Bonchev–Trinajstić information content (AvgIpc) is 2.94. The molecular weight excluding hydrogens is 340 g/mol. The molecule has 1 saturated heterocycles. The van der Waals surface area contributed by atoms with Gasteiger partial charge in [0, 0.05) is 49.7 Å². The summed E-state index contributed by atoms with van der Waals surface area (Å²) in [6.45, 7) is 5.55. The number of hydrogen-bond acceptors (Lipinski definition) is 5. The Hall–Kier alpha value is -1.85. The molecule has 0 atom stereocenters. The van der Waals surface area contributed by atoms with E-state index in [4.69, 9.17) is 5.73 Å². The van der Waals surface area contributed by atoms with Gasteiger partial charge in [-0.25, -0.2) is 4.98 Å². The summed E-state index contributed by atoms with van der Waals surface area (Å²) in [6, 6.07) is 8.96. The van der Waals surface area contributed by atoms with Crippen molar-refractivity contribution in [3.8, 4) is 0 Å². The molecule has 0 aliphatic carbocycles. The molecule has 0 unspecified atom stereocenters. The van der Waals surface area contributed by atoms with E-state index in [0.29, 0.717) is 0 Å². The maximum absolute atomic E-state index is 5.83. The first kappa shape index (κ1) is 17.6. The van der Waals surface area contributed by atoms with Gasteiger partial charge in [-0.05, 0) is 43.4 Å². The van der Waals surface area contributed by atoms with Crippen LogP contribution >= 0.6 is 11.3 Å². The molecule has 2 aliphatic rings. The van der Waals surface area contributed by atoms with Crippen molar-refractivity contribution in [2.75, 3.05) is 43.4 Å². The minimum absolute atomic E-state index is 0.719. The number of nitrogen functional groups attached to an aromatic ring is 1. The minimum Gasteiger partial charge on any atom is -0.375 e. The summed E-state index contributed by atoms with van der Waals surface area (Å²) < 4.78 is 0. The lowest BCUT2D eigenvalue weighted by atomic mass is 10.1. The Kier molecular flexibility index (Phi) is 5.56. The van der Waals surface area contributed by atoms with Crippen LogP contribution in [0.1, 0.15) is 35.4 Å². The molecule has 0 bridgehead atoms. The van der Waals surface area contributed by atoms with Gasteiger partial charge in [-0.1, -0.05) is 24.3 Å². The molecule has 4 nitrogen and oxygen atoms in total. The molecule has 1 aromatic heterocycles. The molecule has 2 aromatic rings. The number of piperidine rings is 1. The van der Waals surface area contributed by atoms with Gasteiger partial charge in [0.15, 0.2) is 5.13 Å². The highest BCUT2D eigenvalue weighted by Gasteiger charge is 2.16. The summed E-state index contributed by atoms with van der Waals surface area (Å²) in [5, 5.41) is 0.719. The van der Waals surface area contributed by atoms with Crippen molar-refractivity contribution in [3.63, 3.8) is 0 Å². The van der Waals surface area contributed by atoms with Crippen LogP contribution in [-0.4, -0.2) is 42.6 Å². The van der Waals surface area contributed by atoms with E-state index in [1.54, 1.807) is 11.3 Å². The predicted octanol–water partition coefficient (Wildman–Crippen LogP) is 3.83. The molecule has 5 heteroatoms. The maximum Gasteiger partial charge on any atom is 0.180 e. The quantitative estimate of drug-likeness (QED) is 0.891. The van der Waals surface area contributed by atoms with Crippen molar-refractivity contribution in [1.29, 1.82) is 0 Å². The zero-order valence-electron chi connectivity index (χ0n) is 15.4. The normalized spacial score (nSPS) is 18.8. The SMILES string of the molecule is Nc1nc2c(s1)CCN(CC=Cc1cccc(N3CCCCC3)c1)CC2. The highest BCUT2D eigenvalue weighted by atomic mass is 32.1. The number of nitrogens with zero attached hydrogens (tertiary/aromatic N) is 3. The molecule has 138 valence electrons. The van der Waals surface area contributed by atoms with E-state index in [1.165, 1.54) is 54.2 Å². The van der Waals surface area contributed by atoms with Crippen LogP contribution in [0.2, 0.25) is 0 Å². The minimum atomic E-state index is 0.719. The highest BCUT2D eigenvalue weighted by Crippen LogP contribution is 2.24. The van der Waals surface area contributed by atoms with Gasteiger partial charge in [-0.2, -0.15) is 0 Å². The first-order chi connectivity index (χ1) is 12.8. The summed E-state index contributed by atoms with van der Waals surface area (Å²) >= 11 is 1.66. The summed E-state index contributed by atoms with van der Waals surface area (Å²) in [6.07, 6.45) is 10.7. The van der Waals surface area contributed by atoms with Gasteiger partial charge >= 0.3 is 0 Å². The summed E-state index contributed by atoms with van der Waals surface area (Å²) in [5.41, 5.74) is 9.72. The highest BCUT2D eigenvalue weighted by molar-refractivity contribution is 7.15. The van der Waals surface area contributed by atoms with E-state index in [0.717, 1.165) is 37.6 Å². The molecule has 4 rings (SSSR count). The van der Waals surface area contributed by atoms with Gasteiger partial charge in [0.2, 0.25) is 0 Å². The molecular formula is C21H28N4S. The Bertz CT molecular complexity index is 736. The number of nitrogens with two attached hydrogens (primary N) is 1. The van der Waals surface area contributed by atoms with Gasteiger partial charge in [0.25, 0.3) is 0 Å². The zero-order chi connectivity index (χ0) is 17.8. The molecule has 1 fully saturated rings. The lowest BCUT2D eigenvalue weighted by molar-refractivity contribution is 0.318. The third kappa shape index (κ3) is 4.27. The van der Waals surface area contributed by atoms with Crippen LogP contribution in [0.15, 0.2) is 30.3 Å². The number of thiazole rings is 1. The Labute approximate surface area is 160 Å². The maximum atomic E-state index is 5.83. The molecule has 26 heavy (non-hydrogen) atoms. The van der Waals surface area contributed by atoms with Crippen LogP contribution in [-0.2, 0) is 12.8 Å². The third-order valence-corrected chi connectivity index (χ3v) is 6.37. The molecule has 2 N–H and O–H groups in total. The van der Waals surface area contributed by atoms with Crippen molar-refractivity contribution in [2.45, 2.75) is 32.1 Å². The van der Waals surface area contributed by atoms with Crippen LogP contribution in [0.5, 0.6) is 0 Å². The van der Waals surface area contributed by atoms with Crippen molar-refractivity contribution in [1.82, 2.24) is 9.88 Å². The molecule has 3 heterocycles. The van der Waals surface area contributed by atoms with E-state index < -0.39 is 0 Å². The van der Waals surface area contributed by atoms with Gasteiger partial charge in [0.1, 0.15) is 0 Å². The Morgan fingerprint density at radius 2 is 1.92 bits per heavy atom. The number of hydrogen-bond donors (Lipinski definition) is 1. The lowest BCUT2D eigenvalue weighted by Gasteiger charge is -2.29. The zero-order valence-corrected chi connectivity index (χ0v) is 16.2. The standard InChI is InChI=1S/C21H28N4S/c22-21-23-19-9-14-24(15-10-20(19)26-21)11-5-7-17-6-4-8-18(16-17)25-12-2-1-3-13-25/h4-8,16H,1-3,9-15H2,(H2,22,23). The van der Waals surface area contributed by atoms with Gasteiger partial charge in [-0.15, -0.1) is 11.3 Å². The van der Waals surface area contributed by atoms with Crippen LogP contribution in [0.25, 0.3) is 6.08 Å². The summed E-state index contributed by atoms with van der Waals surface area (Å²) in [5.74, 6) is 0. The Morgan fingerprint density at radius 3 is 2.81 bits per heavy atom. The second-order valence-corrected chi connectivity index (χ2v) is 8.38. The van der Waals surface area contributed by atoms with Crippen LogP contribution in [0, 0.1) is 0 Å². The van der Waals surface area contributed by atoms with Crippen LogP contribution in [0.4, 0.5) is 10.8 Å². The molecule has 0 amide bonds. The first-order valence-corrected chi connectivity index (χ1v) is 10.6. The fourth-order valence-corrected chi connectivity index (χ4v) is 4.79. The van der Waals surface area contributed by atoms with Crippen molar-refractivity contribution < 1.29 is 0 Å². The fraction of sp³-hybridized carbons (Fsp3) is 0.476. The summed E-state index contributed by atoms with van der Waals surface area (Å²) in [4.78, 5) is 10.9. The summed E-state index contributed by atoms with van der Waals surface area (Å²) in [7, 11) is 0. The third-order valence-electron chi connectivity index (χ3n) is 5.38. The van der Waals surface area contributed by atoms with E-state index in [1.807, 2.05) is 0 Å². The lowest BCUT2D eigenvalue weighted by Crippen LogP contribution is -2.29. The monoisotopic (exact) mass is 368 g/mol. The fourth-order valence-electron chi connectivity index (χ4n) is 3.93. The largest absolute Gasteiger partial charge is 0.375 e. The van der Waals surface area contributed by atoms with Gasteiger partial charge in [0.05, 0.1) is 5.69 Å². The predicted molar refractivity (Wildman–Crippen MR) is 112 cm³/mol. The van der Waals surface area contributed by atoms with Crippen LogP contribution < -0.4 is 10.6 Å². The van der Waals surface area contributed by atoms with Gasteiger partial charge in [-0.3, -0.25) is 4.90 Å². The molecule has 1 aromatic carbocycles. The number of aromatic nitrogens is 1. The van der Waals surface area contributed by atoms with E-state index in [2.05, 4.69) is 51.2 Å². The number of anilines is 2.